The van der Waals surface area contributed by atoms with Crippen molar-refractivity contribution in [2.45, 2.75) is 56.1 Å². The number of aliphatic carboxylic acids is 1. The summed E-state index contributed by atoms with van der Waals surface area (Å²) in [5.41, 5.74) is 0. The largest absolute Gasteiger partial charge is 0.494 e. The van der Waals surface area contributed by atoms with Crippen LogP contribution >= 0.6 is 0 Å². The summed E-state index contributed by atoms with van der Waals surface area (Å²) < 4.78 is 32.0. The summed E-state index contributed by atoms with van der Waals surface area (Å²) in [6.45, 7) is 2.66. The summed E-state index contributed by atoms with van der Waals surface area (Å²) in [5, 5.41) is 25.4. The molecule has 1 aliphatic rings. The molecule has 9 nitrogen and oxygen atoms in total. The van der Waals surface area contributed by atoms with Gasteiger partial charge in [0, 0.05) is 13.0 Å². The predicted molar refractivity (Wildman–Crippen MR) is 98.0 cm³/mol. The second-order valence-corrected chi connectivity index (χ2v) is 8.07. The zero-order valence-electron chi connectivity index (χ0n) is 15.3. The van der Waals surface area contributed by atoms with Gasteiger partial charge in [-0.15, -0.1) is 0 Å². The quantitative estimate of drug-likeness (QED) is 0.373. The number of aliphatic hydroxyl groups excluding tert-OH is 1. The summed E-state index contributed by atoms with van der Waals surface area (Å²) >= 11 is 0. The lowest BCUT2D eigenvalue weighted by atomic mass is 10.0. The monoisotopic (exact) mass is 404 g/mol. The van der Waals surface area contributed by atoms with Crippen LogP contribution < -0.4 is 10.6 Å². The van der Waals surface area contributed by atoms with Gasteiger partial charge in [0.05, 0.1) is 17.6 Å². The number of hydrogen-bond donors (Lipinski definition) is 4. The van der Waals surface area contributed by atoms with Gasteiger partial charge in [-0.3, -0.25) is 4.79 Å². The average molecular weight is 404 g/mol. The number of carbonyl (C=O) groups is 1. The molecular weight excluding hydrogens is 376 g/mol. The highest BCUT2D eigenvalue weighted by Crippen LogP contribution is 2.27. The Morgan fingerprint density at radius 3 is 2.44 bits per heavy atom. The van der Waals surface area contributed by atoms with Crippen LogP contribution in [-0.2, 0) is 14.8 Å². The molecule has 0 saturated carbocycles. The number of sulfonamides is 1. The lowest BCUT2D eigenvalue weighted by molar-refractivity contribution is -0.143. The molecule has 1 aromatic rings. The number of rotatable bonds is 8. The van der Waals surface area contributed by atoms with Crippen LogP contribution in [0, 0.1) is 0 Å². The standard InChI is InChI=1S/C17H25NO6S.H3NO/c1-2-3-4-11-24-14-5-7-15(8-6-14)25(22,23)18-10-9-13(19)12-16(18)17(20)21;1-2/h5-8,13,16,19H,2-4,9-12H2,1H3,(H,20,21);2H,1H2. The van der Waals surface area contributed by atoms with Gasteiger partial charge in [-0.05, 0) is 37.1 Å². The first-order valence-corrected chi connectivity index (χ1v) is 10.2. The molecule has 1 saturated heterocycles. The molecule has 0 radical (unpaired) electrons. The minimum atomic E-state index is -3.94. The number of carboxylic acids is 1. The molecule has 2 atom stereocenters. The fourth-order valence-corrected chi connectivity index (χ4v) is 4.43. The van der Waals surface area contributed by atoms with Crippen LogP contribution in [0.3, 0.4) is 0 Å². The zero-order chi connectivity index (χ0) is 20.4. The van der Waals surface area contributed by atoms with E-state index in [-0.39, 0.29) is 24.3 Å². The molecule has 0 aliphatic carbocycles. The van der Waals surface area contributed by atoms with Gasteiger partial charge in [0.2, 0.25) is 10.0 Å². The Kier molecular flexibility index (Phi) is 9.67. The number of unbranched alkanes of at least 4 members (excludes halogenated alkanes) is 2. The smallest absolute Gasteiger partial charge is 0.322 e. The number of aliphatic hydroxyl groups is 1. The van der Waals surface area contributed by atoms with Gasteiger partial charge < -0.3 is 20.2 Å². The Hall–Kier alpha value is -1.72. The van der Waals surface area contributed by atoms with Crippen molar-refractivity contribution in [3.63, 3.8) is 0 Å². The number of hydrogen-bond acceptors (Lipinski definition) is 7. The number of carboxylic acid groups (broad SMARTS) is 1. The number of benzene rings is 1. The molecule has 2 unspecified atom stereocenters. The number of nitrogens with zero attached hydrogens (tertiary/aromatic N) is 1. The van der Waals surface area contributed by atoms with Crippen molar-refractivity contribution in [3.8, 4) is 5.75 Å². The van der Waals surface area contributed by atoms with Gasteiger partial charge in [-0.25, -0.2) is 14.3 Å². The first-order valence-electron chi connectivity index (χ1n) is 8.77. The maximum absolute atomic E-state index is 12.8. The van der Waals surface area contributed by atoms with E-state index >= 15 is 0 Å². The van der Waals surface area contributed by atoms with E-state index in [2.05, 4.69) is 12.8 Å². The first-order chi connectivity index (χ1) is 12.9. The van der Waals surface area contributed by atoms with Crippen LogP contribution in [0.1, 0.15) is 39.0 Å². The second-order valence-electron chi connectivity index (χ2n) is 6.17. The van der Waals surface area contributed by atoms with E-state index in [1.54, 1.807) is 12.1 Å². The van der Waals surface area contributed by atoms with E-state index in [1.165, 1.54) is 12.1 Å². The lowest BCUT2D eigenvalue weighted by Gasteiger charge is -2.34. The zero-order valence-corrected chi connectivity index (χ0v) is 16.1. The van der Waals surface area contributed by atoms with Gasteiger partial charge >= 0.3 is 5.97 Å². The number of ether oxygens (including phenoxy) is 1. The normalized spacial score (nSPS) is 20.4. The molecule has 0 aromatic heterocycles. The molecule has 1 fully saturated rings. The number of nitrogens with two attached hydrogens (primary N) is 1. The molecule has 1 heterocycles. The van der Waals surface area contributed by atoms with Crippen LogP contribution in [0.4, 0.5) is 0 Å². The third kappa shape index (κ3) is 6.43. The Morgan fingerprint density at radius 2 is 1.89 bits per heavy atom. The van der Waals surface area contributed by atoms with Crippen molar-refractivity contribution < 1.29 is 33.4 Å². The Bertz CT molecular complexity index is 679. The average Bonchev–Trinajstić information content (AvgIpc) is 2.67. The van der Waals surface area contributed by atoms with Gasteiger partial charge in [0.15, 0.2) is 0 Å². The summed E-state index contributed by atoms with van der Waals surface area (Å²) in [6.07, 6.45) is 2.42. The van der Waals surface area contributed by atoms with Crippen molar-refractivity contribution in [2.75, 3.05) is 13.2 Å². The molecule has 27 heavy (non-hydrogen) atoms. The van der Waals surface area contributed by atoms with E-state index < -0.39 is 28.1 Å². The molecule has 5 N–H and O–H groups in total. The molecule has 154 valence electrons. The molecule has 10 heteroatoms. The molecule has 0 bridgehead atoms. The van der Waals surface area contributed by atoms with Crippen LogP contribution in [0.2, 0.25) is 0 Å². The SMILES string of the molecule is CCCCCOc1ccc(S(=O)(=O)N2CCC(O)CC2C(=O)O)cc1.NO. The van der Waals surface area contributed by atoms with Gasteiger partial charge in [0.25, 0.3) is 0 Å². The molecular formula is C17H28N2O7S. The predicted octanol–water partition coefficient (Wildman–Crippen LogP) is 1.19. The topological polar surface area (TPSA) is 150 Å². The highest BCUT2D eigenvalue weighted by molar-refractivity contribution is 7.89. The summed E-state index contributed by atoms with van der Waals surface area (Å²) in [4.78, 5) is 11.4. The highest BCUT2D eigenvalue weighted by Gasteiger charge is 2.40. The fourth-order valence-electron chi connectivity index (χ4n) is 2.82. The Labute approximate surface area is 159 Å². The van der Waals surface area contributed by atoms with Crippen LogP contribution in [-0.4, -0.2) is 59.4 Å². The maximum atomic E-state index is 12.8. The van der Waals surface area contributed by atoms with E-state index in [9.17, 15) is 23.4 Å². The van der Waals surface area contributed by atoms with Gasteiger partial charge in [0.1, 0.15) is 11.8 Å². The fraction of sp³-hybridized carbons (Fsp3) is 0.588. The maximum Gasteiger partial charge on any atom is 0.322 e. The van der Waals surface area contributed by atoms with Gasteiger partial charge in [-0.1, -0.05) is 19.8 Å². The molecule has 0 spiro atoms. The van der Waals surface area contributed by atoms with Crippen molar-refractivity contribution in [1.29, 1.82) is 0 Å². The molecule has 0 amide bonds. The van der Waals surface area contributed by atoms with Crippen LogP contribution in [0.25, 0.3) is 0 Å². The minimum Gasteiger partial charge on any atom is -0.494 e. The van der Waals surface area contributed by atoms with Crippen molar-refractivity contribution in [3.05, 3.63) is 24.3 Å². The Balaban J connectivity index is 0.00000176. The number of piperidine rings is 1. The van der Waals surface area contributed by atoms with Crippen LogP contribution in [0.15, 0.2) is 29.2 Å². The second kappa shape index (κ2) is 11.2. The summed E-state index contributed by atoms with van der Waals surface area (Å²) in [5.74, 6) is 2.83. The van der Waals surface area contributed by atoms with E-state index in [0.717, 1.165) is 23.6 Å². The summed E-state index contributed by atoms with van der Waals surface area (Å²) in [7, 11) is -3.94. The van der Waals surface area contributed by atoms with E-state index in [4.69, 9.17) is 9.94 Å². The van der Waals surface area contributed by atoms with Crippen molar-refractivity contribution in [1.82, 2.24) is 4.31 Å². The minimum absolute atomic E-state index is 0.0181. The highest BCUT2D eigenvalue weighted by atomic mass is 32.2. The third-order valence-corrected chi connectivity index (χ3v) is 6.18. The molecule has 1 aliphatic heterocycles. The third-order valence-electron chi connectivity index (χ3n) is 4.26. The van der Waals surface area contributed by atoms with Crippen LogP contribution in [0.5, 0.6) is 5.75 Å². The van der Waals surface area contributed by atoms with Crippen molar-refractivity contribution >= 4 is 16.0 Å². The lowest BCUT2D eigenvalue weighted by Crippen LogP contribution is -2.51. The summed E-state index contributed by atoms with van der Waals surface area (Å²) in [6, 6.07) is 4.75. The van der Waals surface area contributed by atoms with E-state index in [1.807, 2.05) is 0 Å². The van der Waals surface area contributed by atoms with Gasteiger partial charge in [-0.2, -0.15) is 4.31 Å². The van der Waals surface area contributed by atoms with E-state index in [0.29, 0.717) is 12.4 Å². The van der Waals surface area contributed by atoms with Crippen molar-refractivity contribution in [2.24, 2.45) is 5.90 Å². The molecule has 1 aromatic carbocycles. The Morgan fingerprint density at radius 1 is 1.26 bits per heavy atom. The first kappa shape index (κ1) is 23.3. The molecule has 2 rings (SSSR count).